The van der Waals surface area contributed by atoms with Crippen LogP contribution in [0.25, 0.3) is 0 Å². The number of nitrogens with one attached hydrogen (secondary N) is 1. The molecule has 1 aromatic carbocycles. The number of ether oxygens (including phenoxy) is 1. The van der Waals surface area contributed by atoms with Crippen molar-refractivity contribution in [3.05, 3.63) is 29.8 Å². The highest BCUT2D eigenvalue weighted by Gasteiger charge is 2.26. The normalized spacial score (nSPS) is 15.3. The van der Waals surface area contributed by atoms with Gasteiger partial charge in [-0.2, -0.15) is 0 Å². The number of hydrogen-bond acceptors (Lipinski definition) is 3. The van der Waals surface area contributed by atoms with Crippen molar-refractivity contribution < 1.29 is 9.53 Å². The average Bonchev–Trinajstić information content (AvgIpc) is 2.25. The predicted molar refractivity (Wildman–Crippen MR) is 71.0 cm³/mol. The second kappa shape index (κ2) is 5.40. The van der Waals surface area contributed by atoms with Gasteiger partial charge in [-0.25, -0.2) is 0 Å². The van der Waals surface area contributed by atoms with Crippen molar-refractivity contribution in [2.45, 2.75) is 26.0 Å². The van der Waals surface area contributed by atoms with Crippen molar-refractivity contribution in [2.75, 3.05) is 20.1 Å². The van der Waals surface area contributed by atoms with E-state index < -0.39 is 0 Å². The minimum atomic E-state index is 0.0516. The maximum absolute atomic E-state index is 12.3. The number of rotatable bonds is 4. The molecule has 98 valence electrons. The molecule has 1 saturated heterocycles. The first-order valence-corrected chi connectivity index (χ1v) is 6.32. The van der Waals surface area contributed by atoms with E-state index in [1.54, 1.807) is 4.90 Å². The zero-order valence-electron chi connectivity index (χ0n) is 11.1. The van der Waals surface area contributed by atoms with E-state index in [1.807, 2.05) is 45.2 Å². The summed E-state index contributed by atoms with van der Waals surface area (Å²) in [7, 11) is 1.85. The average molecular weight is 248 g/mol. The maximum atomic E-state index is 12.3. The molecule has 0 aromatic heterocycles. The summed E-state index contributed by atoms with van der Waals surface area (Å²) in [4.78, 5) is 14.1. The molecule has 0 saturated carbocycles. The van der Waals surface area contributed by atoms with E-state index in [0.29, 0.717) is 11.6 Å². The number of likely N-dealkylation sites (N-methyl/N-ethyl adjacent to an activating group) is 1. The van der Waals surface area contributed by atoms with Crippen LogP contribution in [0.15, 0.2) is 24.3 Å². The molecule has 0 unspecified atom stereocenters. The van der Waals surface area contributed by atoms with E-state index in [-0.39, 0.29) is 12.0 Å². The maximum Gasteiger partial charge on any atom is 0.254 e. The number of carbonyl (C=O) groups is 1. The molecule has 1 heterocycles. The third-order valence-electron chi connectivity index (χ3n) is 3.08. The number of amides is 1. The van der Waals surface area contributed by atoms with Crippen molar-refractivity contribution >= 4 is 5.91 Å². The molecule has 0 atom stereocenters. The molecule has 0 bridgehead atoms. The van der Waals surface area contributed by atoms with Crippen molar-refractivity contribution in [1.29, 1.82) is 0 Å². The van der Waals surface area contributed by atoms with Crippen LogP contribution in [-0.4, -0.2) is 43.1 Å². The second-order valence-corrected chi connectivity index (χ2v) is 4.92. The second-order valence-electron chi connectivity index (χ2n) is 4.92. The standard InChI is InChI=1S/C14H20N2O2/c1-10(2)18-13-6-4-5-11(7-13)14(17)16(3)12-8-15-9-12/h4-7,10,12,15H,8-9H2,1-3H3. The van der Waals surface area contributed by atoms with Gasteiger partial charge in [0.1, 0.15) is 5.75 Å². The highest BCUT2D eigenvalue weighted by atomic mass is 16.5. The van der Waals surface area contributed by atoms with Gasteiger partial charge < -0.3 is 15.0 Å². The number of carbonyl (C=O) groups excluding carboxylic acids is 1. The number of benzene rings is 1. The van der Waals surface area contributed by atoms with E-state index in [2.05, 4.69) is 5.32 Å². The fraction of sp³-hybridized carbons (Fsp3) is 0.500. The summed E-state index contributed by atoms with van der Waals surface area (Å²) in [5, 5.41) is 3.17. The van der Waals surface area contributed by atoms with Gasteiger partial charge in [-0.3, -0.25) is 4.79 Å². The largest absolute Gasteiger partial charge is 0.491 e. The molecule has 1 aliphatic rings. The molecule has 18 heavy (non-hydrogen) atoms. The van der Waals surface area contributed by atoms with Gasteiger partial charge in [0.05, 0.1) is 12.1 Å². The molecule has 1 N–H and O–H groups in total. The summed E-state index contributed by atoms with van der Waals surface area (Å²) in [6.07, 6.45) is 0.115. The third-order valence-corrected chi connectivity index (χ3v) is 3.08. The molecule has 0 aliphatic carbocycles. The first kappa shape index (κ1) is 12.9. The van der Waals surface area contributed by atoms with Crippen molar-refractivity contribution in [1.82, 2.24) is 10.2 Å². The molecular formula is C14H20N2O2. The molecular weight excluding hydrogens is 228 g/mol. The van der Waals surface area contributed by atoms with Gasteiger partial charge >= 0.3 is 0 Å². The smallest absolute Gasteiger partial charge is 0.254 e. The van der Waals surface area contributed by atoms with Gasteiger partial charge in [0.25, 0.3) is 5.91 Å². The van der Waals surface area contributed by atoms with Gasteiger partial charge in [0.2, 0.25) is 0 Å². The fourth-order valence-corrected chi connectivity index (χ4v) is 1.89. The summed E-state index contributed by atoms with van der Waals surface area (Å²) in [5.74, 6) is 0.798. The van der Waals surface area contributed by atoms with Crippen LogP contribution in [0.4, 0.5) is 0 Å². The predicted octanol–water partition coefficient (Wildman–Crippen LogP) is 1.52. The molecule has 0 spiro atoms. The monoisotopic (exact) mass is 248 g/mol. The lowest BCUT2D eigenvalue weighted by atomic mass is 10.1. The Morgan fingerprint density at radius 3 is 2.72 bits per heavy atom. The molecule has 0 radical (unpaired) electrons. The quantitative estimate of drug-likeness (QED) is 0.878. The lowest BCUT2D eigenvalue weighted by Gasteiger charge is -2.35. The highest BCUT2D eigenvalue weighted by Crippen LogP contribution is 2.17. The van der Waals surface area contributed by atoms with Crippen molar-refractivity contribution in [3.8, 4) is 5.75 Å². The van der Waals surface area contributed by atoms with Crippen molar-refractivity contribution in [3.63, 3.8) is 0 Å². The highest BCUT2D eigenvalue weighted by molar-refractivity contribution is 5.94. The Labute approximate surface area is 108 Å². The Bertz CT molecular complexity index is 428. The van der Waals surface area contributed by atoms with E-state index in [0.717, 1.165) is 18.8 Å². The first-order valence-electron chi connectivity index (χ1n) is 6.32. The Morgan fingerprint density at radius 1 is 1.44 bits per heavy atom. The van der Waals surface area contributed by atoms with Crippen molar-refractivity contribution in [2.24, 2.45) is 0 Å². The van der Waals surface area contributed by atoms with Gasteiger partial charge in [0.15, 0.2) is 0 Å². The minimum absolute atomic E-state index is 0.0516. The van der Waals surface area contributed by atoms with Crippen LogP contribution in [-0.2, 0) is 0 Å². The third kappa shape index (κ3) is 2.82. The van der Waals surface area contributed by atoms with E-state index in [1.165, 1.54) is 0 Å². The SMILES string of the molecule is CC(C)Oc1cccc(C(=O)N(C)C2CNC2)c1. The van der Waals surface area contributed by atoms with Crippen LogP contribution in [0.1, 0.15) is 24.2 Å². The Morgan fingerprint density at radius 2 is 2.17 bits per heavy atom. The van der Waals surface area contributed by atoms with Gasteiger partial charge in [-0.1, -0.05) is 6.07 Å². The van der Waals surface area contributed by atoms with Crippen LogP contribution in [0.5, 0.6) is 5.75 Å². The van der Waals surface area contributed by atoms with Crippen LogP contribution >= 0.6 is 0 Å². The number of nitrogens with zero attached hydrogens (tertiary/aromatic N) is 1. The summed E-state index contributed by atoms with van der Waals surface area (Å²) in [6.45, 7) is 5.70. The topological polar surface area (TPSA) is 41.6 Å². The van der Waals surface area contributed by atoms with E-state index in [9.17, 15) is 4.79 Å². The zero-order valence-corrected chi connectivity index (χ0v) is 11.1. The molecule has 1 aromatic rings. The molecule has 1 amide bonds. The molecule has 2 rings (SSSR count). The Kier molecular flexibility index (Phi) is 3.87. The fourth-order valence-electron chi connectivity index (χ4n) is 1.89. The number of hydrogen-bond donors (Lipinski definition) is 1. The van der Waals surface area contributed by atoms with Gasteiger partial charge in [-0.15, -0.1) is 0 Å². The van der Waals surface area contributed by atoms with Gasteiger partial charge in [-0.05, 0) is 32.0 Å². The molecule has 1 aliphatic heterocycles. The van der Waals surface area contributed by atoms with Crippen LogP contribution in [0, 0.1) is 0 Å². The lowest BCUT2D eigenvalue weighted by molar-refractivity contribution is 0.0680. The van der Waals surface area contributed by atoms with E-state index >= 15 is 0 Å². The molecule has 4 heteroatoms. The summed E-state index contributed by atoms with van der Waals surface area (Å²) in [6, 6.07) is 7.69. The van der Waals surface area contributed by atoms with E-state index in [4.69, 9.17) is 4.74 Å². The van der Waals surface area contributed by atoms with Crippen LogP contribution < -0.4 is 10.1 Å². The summed E-state index contributed by atoms with van der Waals surface area (Å²) >= 11 is 0. The molecule has 1 fully saturated rings. The van der Waals surface area contributed by atoms with Crippen LogP contribution in [0.2, 0.25) is 0 Å². The first-order chi connectivity index (χ1) is 8.58. The van der Waals surface area contributed by atoms with Gasteiger partial charge in [0, 0.05) is 25.7 Å². The Hall–Kier alpha value is -1.55. The lowest BCUT2D eigenvalue weighted by Crippen LogP contribution is -2.57. The zero-order chi connectivity index (χ0) is 13.1. The summed E-state index contributed by atoms with van der Waals surface area (Å²) < 4.78 is 5.60. The minimum Gasteiger partial charge on any atom is -0.491 e. The Balaban J connectivity index is 2.09. The summed E-state index contributed by atoms with van der Waals surface area (Å²) in [5.41, 5.74) is 0.683. The molecule has 4 nitrogen and oxygen atoms in total. The van der Waals surface area contributed by atoms with Crippen LogP contribution in [0.3, 0.4) is 0 Å².